The molecule has 0 atom stereocenters. The average Bonchev–Trinajstić information content (AvgIpc) is 2.85. The van der Waals surface area contributed by atoms with Gasteiger partial charge in [-0.1, -0.05) is 19.1 Å². The van der Waals surface area contributed by atoms with Crippen molar-refractivity contribution < 1.29 is 17.9 Å². The highest BCUT2D eigenvalue weighted by Crippen LogP contribution is 2.29. The molecule has 0 aliphatic carbocycles. The highest BCUT2D eigenvalue weighted by atomic mass is 32.2. The number of piperidine rings is 1. The van der Waals surface area contributed by atoms with Gasteiger partial charge in [0, 0.05) is 45.0 Å². The number of carbonyl (C=O) groups excluding carboxylic acids is 1. The maximum atomic E-state index is 13.5. The summed E-state index contributed by atoms with van der Waals surface area (Å²) in [4.78, 5) is 17.7. The van der Waals surface area contributed by atoms with Crippen molar-refractivity contribution in [2.24, 2.45) is 5.92 Å². The van der Waals surface area contributed by atoms with Crippen LogP contribution in [0.5, 0.6) is 5.75 Å². The van der Waals surface area contributed by atoms with Crippen molar-refractivity contribution >= 4 is 21.6 Å². The molecule has 7 nitrogen and oxygen atoms in total. The fourth-order valence-electron chi connectivity index (χ4n) is 4.79. The van der Waals surface area contributed by atoms with Crippen LogP contribution in [0.1, 0.15) is 41.3 Å². The van der Waals surface area contributed by atoms with Crippen LogP contribution in [-0.4, -0.2) is 69.9 Å². The molecule has 1 amide bonds. The van der Waals surface area contributed by atoms with Crippen LogP contribution in [0, 0.1) is 19.8 Å². The first-order valence-corrected chi connectivity index (χ1v) is 13.4. The number of piperazine rings is 1. The smallest absolute Gasteiger partial charge is 0.257 e. The number of ether oxygens (including phenoxy) is 1. The summed E-state index contributed by atoms with van der Waals surface area (Å²) in [5.74, 6) is 0.733. The Hall–Kier alpha value is -2.58. The molecule has 0 spiro atoms. The molecule has 2 saturated heterocycles. The lowest BCUT2D eigenvalue weighted by Crippen LogP contribution is -2.49. The Kier molecular flexibility index (Phi) is 7.19. The van der Waals surface area contributed by atoms with Crippen molar-refractivity contribution in [2.75, 3.05) is 51.3 Å². The molecule has 2 aromatic rings. The molecule has 0 aromatic heterocycles. The Balaban J connectivity index is 1.52. The predicted molar refractivity (Wildman–Crippen MR) is 134 cm³/mol. The van der Waals surface area contributed by atoms with Gasteiger partial charge in [0.15, 0.2) is 0 Å². The second kappa shape index (κ2) is 9.96. The third kappa shape index (κ3) is 4.79. The van der Waals surface area contributed by atoms with Gasteiger partial charge in [0.25, 0.3) is 5.91 Å². The lowest BCUT2D eigenvalue weighted by Gasteiger charge is -2.37. The summed E-state index contributed by atoms with van der Waals surface area (Å²) in [6, 6.07) is 10.9. The highest BCUT2D eigenvalue weighted by Gasteiger charge is 2.31. The van der Waals surface area contributed by atoms with E-state index in [2.05, 4.69) is 43.9 Å². The first-order chi connectivity index (χ1) is 16.2. The first kappa shape index (κ1) is 24.5. The number of benzene rings is 2. The van der Waals surface area contributed by atoms with Crippen molar-refractivity contribution in [3.05, 3.63) is 53.1 Å². The number of carbonyl (C=O) groups is 1. The minimum atomic E-state index is -3.65. The van der Waals surface area contributed by atoms with Crippen LogP contribution in [-0.2, 0) is 10.0 Å². The van der Waals surface area contributed by atoms with E-state index in [9.17, 15) is 13.2 Å². The number of aryl methyl sites for hydroxylation is 1. The molecule has 2 aliphatic heterocycles. The van der Waals surface area contributed by atoms with Crippen molar-refractivity contribution in [2.45, 2.75) is 38.5 Å². The lowest BCUT2D eigenvalue weighted by molar-refractivity contribution is 0.0743. The minimum absolute atomic E-state index is 0.153. The third-order valence-corrected chi connectivity index (χ3v) is 9.16. The van der Waals surface area contributed by atoms with Crippen molar-refractivity contribution in [3.8, 4) is 5.75 Å². The zero-order chi connectivity index (χ0) is 24.5. The largest absolute Gasteiger partial charge is 0.496 e. The predicted octanol–water partition coefficient (Wildman–Crippen LogP) is 3.70. The summed E-state index contributed by atoms with van der Waals surface area (Å²) in [6.45, 7) is 9.99. The van der Waals surface area contributed by atoms with E-state index in [-0.39, 0.29) is 10.8 Å². The fraction of sp³-hybridized carbons (Fsp3) is 0.500. The highest BCUT2D eigenvalue weighted by molar-refractivity contribution is 7.89. The van der Waals surface area contributed by atoms with Crippen molar-refractivity contribution in [1.29, 1.82) is 0 Å². The number of nitrogens with zero attached hydrogens (tertiary/aromatic N) is 3. The summed E-state index contributed by atoms with van der Waals surface area (Å²) >= 11 is 0. The lowest BCUT2D eigenvalue weighted by atomic mass is 10.0. The van der Waals surface area contributed by atoms with Crippen molar-refractivity contribution in [1.82, 2.24) is 9.21 Å². The summed E-state index contributed by atoms with van der Waals surface area (Å²) in [5.41, 5.74) is 4.01. The summed E-state index contributed by atoms with van der Waals surface area (Å²) in [6.07, 6.45) is 1.71. The molecule has 2 fully saturated rings. The Morgan fingerprint density at radius 3 is 2.29 bits per heavy atom. The van der Waals surface area contributed by atoms with Gasteiger partial charge in [0.1, 0.15) is 5.75 Å². The van der Waals surface area contributed by atoms with Gasteiger partial charge >= 0.3 is 0 Å². The van der Waals surface area contributed by atoms with Crippen LogP contribution < -0.4 is 9.64 Å². The van der Waals surface area contributed by atoms with Crippen molar-refractivity contribution in [3.63, 3.8) is 0 Å². The van der Waals surface area contributed by atoms with E-state index in [1.807, 2.05) is 0 Å². The van der Waals surface area contributed by atoms with E-state index in [0.717, 1.165) is 25.9 Å². The minimum Gasteiger partial charge on any atom is -0.496 e. The molecule has 0 radical (unpaired) electrons. The summed E-state index contributed by atoms with van der Waals surface area (Å²) in [5, 5.41) is 0. The van der Waals surface area contributed by atoms with E-state index in [1.165, 1.54) is 34.3 Å². The zero-order valence-corrected chi connectivity index (χ0v) is 21.4. The fourth-order valence-corrected chi connectivity index (χ4v) is 6.28. The SMILES string of the molecule is COc1ccc(S(=O)(=O)N2CCC(C)CC2)cc1C(=O)N1CCN(c2cccc(C)c2C)CC1. The molecule has 0 unspecified atom stereocenters. The van der Waals surface area contributed by atoms with Gasteiger partial charge in [-0.25, -0.2) is 8.42 Å². The number of anilines is 1. The number of hydrogen-bond acceptors (Lipinski definition) is 5. The maximum absolute atomic E-state index is 13.5. The molecule has 4 rings (SSSR count). The number of hydrogen-bond donors (Lipinski definition) is 0. The van der Waals surface area contributed by atoms with Gasteiger partial charge in [-0.05, 0) is 68.0 Å². The van der Waals surface area contributed by atoms with Gasteiger partial charge in [-0.3, -0.25) is 4.79 Å². The Morgan fingerprint density at radius 1 is 0.971 bits per heavy atom. The van der Waals surface area contributed by atoms with Crippen LogP contribution in [0.15, 0.2) is 41.3 Å². The van der Waals surface area contributed by atoms with Gasteiger partial charge in [0.05, 0.1) is 17.6 Å². The van der Waals surface area contributed by atoms with E-state index < -0.39 is 10.0 Å². The molecular formula is C26H35N3O4S. The standard InChI is InChI=1S/C26H35N3O4S/c1-19-10-12-29(13-11-19)34(31,32)22-8-9-25(33-4)23(18-22)26(30)28-16-14-27(15-17-28)24-7-5-6-20(2)21(24)3/h5-9,18-19H,10-17H2,1-4H3. The number of methoxy groups -OCH3 is 1. The van der Waals surface area contributed by atoms with Crippen LogP contribution >= 0.6 is 0 Å². The normalized spacial score (nSPS) is 18.2. The van der Waals surface area contributed by atoms with Crippen LogP contribution in [0.3, 0.4) is 0 Å². The molecule has 2 aliphatic rings. The quantitative estimate of drug-likeness (QED) is 0.646. The monoisotopic (exact) mass is 485 g/mol. The zero-order valence-electron chi connectivity index (χ0n) is 20.6. The Labute approximate surface area is 203 Å². The number of rotatable bonds is 5. The molecule has 0 N–H and O–H groups in total. The molecule has 0 bridgehead atoms. The molecule has 34 heavy (non-hydrogen) atoms. The van der Waals surface area contributed by atoms with Gasteiger partial charge < -0.3 is 14.5 Å². The second-order valence-corrected chi connectivity index (χ2v) is 11.4. The molecule has 2 aromatic carbocycles. The molecule has 0 saturated carbocycles. The maximum Gasteiger partial charge on any atom is 0.257 e. The third-order valence-electron chi connectivity index (χ3n) is 7.27. The van der Waals surface area contributed by atoms with Crippen LogP contribution in [0.25, 0.3) is 0 Å². The first-order valence-electron chi connectivity index (χ1n) is 12.0. The van der Waals surface area contributed by atoms with Crippen LogP contribution in [0.4, 0.5) is 5.69 Å². The molecule has 2 heterocycles. The Morgan fingerprint density at radius 2 is 1.65 bits per heavy atom. The summed E-state index contributed by atoms with van der Waals surface area (Å²) < 4.78 is 33.5. The second-order valence-electron chi connectivity index (χ2n) is 9.45. The van der Waals surface area contributed by atoms with E-state index in [4.69, 9.17) is 4.74 Å². The van der Waals surface area contributed by atoms with Gasteiger partial charge in [0.2, 0.25) is 10.0 Å². The number of amides is 1. The molecular weight excluding hydrogens is 450 g/mol. The molecule has 184 valence electrons. The molecule has 8 heteroatoms. The topological polar surface area (TPSA) is 70.2 Å². The van der Waals surface area contributed by atoms with Gasteiger partial charge in [-0.15, -0.1) is 0 Å². The average molecular weight is 486 g/mol. The van der Waals surface area contributed by atoms with E-state index >= 15 is 0 Å². The van der Waals surface area contributed by atoms with Gasteiger partial charge in [-0.2, -0.15) is 4.31 Å². The van der Waals surface area contributed by atoms with E-state index in [1.54, 1.807) is 17.0 Å². The summed E-state index contributed by atoms with van der Waals surface area (Å²) in [7, 11) is -2.15. The van der Waals surface area contributed by atoms with E-state index in [0.29, 0.717) is 43.4 Å². The Bertz CT molecular complexity index is 1150. The number of sulfonamides is 1. The van der Waals surface area contributed by atoms with Crippen LogP contribution in [0.2, 0.25) is 0 Å².